The van der Waals surface area contributed by atoms with Crippen LogP contribution in [0, 0.1) is 0 Å². The number of aromatic nitrogens is 2. The first-order valence-corrected chi connectivity index (χ1v) is 6.89. The van der Waals surface area contributed by atoms with E-state index in [4.69, 9.17) is 10.5 Å². The van der Waals surface area contributed by atoms with E-state index in [-0.39, 0.29) is 12.1 Å². The molecule has 0 radical (unpaired) electrons. The predicted molar refractivity (Wildman–Crippen MR) is 71.3 cm³/mol. The van der Waals surface area contributed by atoms with E-state index in [0.717, 1.165) is 32.7 Å². The van der Waals surface area contributed by atoms with E-state index in [0.29, 0.717) is 6.54 Å². The molecule has 1 aliphatic heterocycles. The van der Waals surface area contributed by atoms with Gasteiger partial charge in [0.2, 0.25) is 0 Å². The molecule has 0 bridgehead atoms. The van der Waals surface area contributed by atoms with Gasteiger partial charge in [0.25, 0.3) is 0 Å². The molecule has 2 rings (SSSR count). The van der Waals surface area contributed by atoms with Crippen molar-refractivity contribution in [2.75, 3.05) is 26.2 Å². The van der Waals surface area contributed by atoms with Crippen LogP contribution < -0.4 is 5.73 Å². The summed E-state index contributed by atoms with van der Waals surface area (Å²) >= 11 is 0. The van der Waals surface area contributed by atoms with Gasteiger partial charge in [-0.2, -0.15) is 5.10 Å². The third-order valence-corrected chi connectivity index (χ3v) is 3.55. The summed E-state index contributed by atoms with van der Waals surface area (Å²) in [4.78, 5) is 2.48. The van der Waals surface area contributed by atoms with Crippen LogP contribution in [0.1, 0.15) is 32.0 Å². The van der Waals surface area contributed by atoms with Crippen LogP contribution in [0.2, 0.25) is 0 Å². The molecule has 1 aromatic heterocycles. The molecular formula is C13H24N4O. The fraction of sp³-hybridized carbons (Fsp3) is 0.769. The van der Waals surface area contributed by atoms with Crippen molar-refractivity contribution in [3.63, 3.8) is 0 Å². The number of hydrogen-bond donors (Lipinski definition) is 1. The second kappa shape index (κ2) is 6.31. The van der Waals surface area contributed by atoms with Gasteiger partial charge in [-0.05, 0) is 26.0 Å². The van der Waals surface area contributed by atoms with Gasteiger partial charge >= 0.3 is 0 Å². The van der Waals surface area contributed by atoms with E-state index in [1.165, 1.54) is 5.69 Å². The van der Waals surface area contributed by atoms with Crippen molar-refractivity contribution in [1.29, 1.82) is 0 Å². The summed E-state index contributed by atoms with van der Waals surface area (Å²) in [6.45, 7) is 8.60. The van der Waals surface area contributed by atoms with Crippen LogP contribution in [0.25, 0.3) is 0 Å². The van der Waals surface area contributed by atoms with Gasteiger partial charge in [-0.3, -0.25) is 9.58 Å². The first kappa shape index (κ1) is 13.5. The van der Waals surface area contributed by atoms with Crippen molar-refractivity contribution < 1.29 is 4.74 Å². The number of rotatable bonds is 5. The van der Waals surface area contributed by atoms with E-state index in [1.807, 2.05) is 10.9 Å². The number of hydrogen-bond acceptors (Lipinski definition) is 4. The number of morpholine rings is 1. The van der Waals surface area contributed by atoms with Gasteiger partial charge in [0.1, 0.15) is 0 Å². The van der Waals surface area contributed by atoms with E-state index in [2.05, 4.69) is 29.9 Å². The zero-order chi connectivity index (χ0) is 13.0. The van der Waals surface area contributed by atoms with Gasteiger partial charge in [-0.25, -0.2) is 0 Å². The number of ether oxygens (including phenoxy) is 1. The minimum Gasteiger partial charge on any atom is -0.374 e. The second-order valence-corrected chi connectivity index (χ2v) is 4.70. The molecule has 1 fully saturated rings. The van der Waals surface area contributed by atoms with Crippen LogP contribution in [0.15, 0.2) is 12.3 Å². The molecule has 0 saturated carbocycles. The number of nitrogens with two attached hydrogens (primary N) is 1. The normalized spacial score (nSPS) is 25.5. The predicted octanol–water partition coefficient (Wildman–Crippen LogP) is 1.01. The molecule has 2 heterocycles. The molecular weight excluding hydrogens is 228 g/mol. The summed E-state index contributed by atoms with van der Waals surface area (Å²) in [6.07, 6.45) is 3.09. The highest BCUT2D eigenvalue weighted by molar-refractivity contribution is 5.11. The zero-order valence-corrected chi connectivity index (χ0v) is 11.4. The molecule has 1 aliphatic rings. The molecule has 0 amide bonds. The van der Waals surface area contributed by atoms with E-state index >= 15 is 0 Å². The highest BCUT2D eigenvalue weighted by Crippen LogP contribution is 2.29. The monoisotopic (exact) mass is 252 g/mol. The van der Waals surface area contributed by atoms with Crippen LogP contribution >= 0.6 is 0 Å². The van der Waals surface area contributed by atoms with Crippen LogP contribution in [0.4, 0.5) is 0 Å². The third-order valence-electron chi connectivity index (χ3n) is 3.55. The summed E-state index contributed by atoms with van der Waals surface area (Å²) in [6, 6.07) is 2.33. The van der Waals surface area contributed by atoms with E-state index in [1.54, 1.807) is 0 Å². The highest BCUT2D eigenvalue weighted by Gasteiger charge is 2.34. The highest BCUT2D eigenvalue weighted by atomic mass is 16.5. The molecule has 2 N–H and O–H groups in total. The lowest BCUT2D eigenvalue weighted by Crippen LogP contribution is -2.49. The van der Waals surface area contributed by atoms with Crippen molar-refractivity contribution in [2.24, 2.45) is 5.73 Å². The molecule has 18 heavy (non-hydrogen) atoms. The lowest BCUT2D eigenvalue weighted by atomic mass is 10.0. The summed E-state index contributed by atoms with van der Waals surface area (Å²) < 4.78 is 7.88. The molecule has 102 valence electrons. The first-order valence-electron chi connectivity index (χ1n) is 6.89. The second-order valence-electron chi connectivity index (χ2n) is 4.70. The Morgan fingerprint density at radius 2 is 2.33 bits per heavy atom. The Bertz CT molecular complexity index is 364. The molecule has 2 atom stereocenters. The molecule has 5 heteroatoms. The summed E-state index contributed by atoms with van der Waals surface area (Å²) in [5.74, 6) is 0. The largest absolute Gasteiger partial charge is 0.374 e. The van der Waals surface area contributed by atoms with Crippen LogP contribution in [0.3, 0.4) is 0 Å². The molecule has 0 aliphatic carbocycles. The van der Waals surface area contributed by atoms with Crippen LogP contribution in [-0.4, -0.2) is 47.0 Å². The lowest BCUT2D eigenvalue weighted by molar-refractivity contribution is -0.0702. The van der Waals surface area contributed by atoms with Gasteiger partial charge in [0.15, 0.2) is 0 Å². The molecule has 0 aromatic carbocycles. The first-order chi connectivity index (χ1) is 8.81. The summed E-state index contributed by atoms with van der Waals surface area (Å²) in [5.41, 5.74) is 7.09. The molecule has 1 aromatic rings. The van der Waals surface area contributed by atoms with Crippen molar-refractivity contribution in [2.45, 2.75) is 39.0 Å². The maximum Gasteiger partial charge on any atom is 0.0909 e. The van der Waals surface area contributed by atoms with Gasteiger partial charge < -0.3 is 10.5 Å². The summed E-state index contributed by atoms with van der Waals surface area (Å²) in [5, 5.41) is 4.37. The van der Waals surface area contributed by atoms with Crippen LogP contribution in [-0.2, 0) is 11.3 Å². The van der Waals surface area contributed by atoms with Gasteiger partial charge in [0.05, 0.1) is 24.4 Å². The van der Waals surface area contributed by atoms with Gasteiger partial charge in [0, 0.05) is 25.8 Å². The van der Waals surface area contributed by atoms with E-state index < -0.39 is 0 Å². The average Bonchev–Trinajstić information content (AvgIpc) is 2.86. The quantitative estimate of drug-likeness (QED) is 0.850. The molecule has 5 nitrogen and oxygen atoms in total. The Labute approximate surface area is 109 Å². The Balaban J connectivity index is 2.27. The number of aryl methyl sites for hydroxylation is 1. The average molecular weight is 252 g/mol. The standard InChI is InChI=1S/C13H24N4O/c1-3-7-16-8-9-18-12(10-14)13(16)11-5-6-15-17(11)4-2/h5-6,12-13H,3-4,7-10,14H2,1-2H3. The lowest BCUT2D eigenvalue weighted by Gasteiger charge is -2.40. The summed E-state index contributed by atoms with van der Waals surface area (Å²) in [7, 11) is 0. The minimum absolute atomic E-state index is 0.0762. The van der Waals surface area contributed by atoms with Crippen molar-refractivity contribution in [1.82, 2.24) is 14.7 Å². The fourth-order valence-corrected chi connectivity index (χ4v) is 2.76. The Morgan fingerprint density at radius 3 is 3.00 bits per heavy atom. The minimum atomic E-state index is 0.0762. The smallest absolute Gasteiger partial charge is 0.0909 e. The SMILES string of the molecule is CCCN1CCOC(CN)C1c1ccnn1CC. The number of nitrogens with zero attached hydrogens (tertiary/aromatic N) is 3. The van der Waals surface area contributed by atoms with E-state index in [9.17, 15) is 0 Å². The van der Waals surface area contributed by atoms with Gasteiger partial charge in [-0.15, -0.1) is 0 Å². The third kappa shape index (κ3) is 2.58. The topological polar surface area (TPSA) is 56.3 Å². The maximum absolute atomic E-state index is 5.87. The van der Waals surface area contributed by atoms with Gasteiger partial charge in [-0.1, -0.05) is 6.92 Å². The van der Waals surface area contributed by atoms with Crippen LogP contribution in [0.5, 0.6) is 0 Å². The van der Waals surface area contributed by atoms with Crippen molar-refractivity contribution >= 4 is 0 Å². The maximum atomic E-state index is 5.87. The Morgan fingerprint density at radius 1 is 1.50 bits per heavy atom. The Hall–Kier alpha value is -0.910. The van der Waals surface area contributed by atoms with Crippen molar-refractivity contribution in [3.05, 3.63) is 18.0 Å². The van der Waals surface area contributed by atoms with Crippen molar-refractivity contribution in [3.8, 4) is 0 Å². The molecule has 2 unspecified atom stereocenters. The molecule has 1 saturated heterocycles. The zero-order valence-electron chi connectivity index (χ0n) is 11.4. The Kier molecular flexibility index (Phi) is 4.74. The fourth-order valence-electron chi connectivity index (χ4n) is 2.76. The molecule has 0 spiro atoms.